The third kappa shape index (κ3) is 19.1. The van der Waals surface area contributed by atoms with Crippen LogP contribution in [0.4, 0.5) is 39.5 Å². The van der Waals surface area contributed by atoms with Crippen LogP contribution in [-0.2, 0) is 19.6 Å². The van der Waals surface area contributed by atoms with Crippen LogP contribution in [0.15, 0.2) is 220 Å². The summed E-state index contributed by atoms with van der Waals surface area (Å²) < 4.78 is 128. The normalized spacial score (nSPS) is 14.0. The summed E-state index contributed by atoms with van der Waals surface area (Å²) in [6.07, 6.45) is 5.90. The number of fused-ring (bicyclic) bond motifs is 3. The quantitative estimate of drug-likeness (QED) is 0.0556. The van der Waals surface area contributed by atoms with Crippen LogP contribution < -0.4 is 30.9 Å². The zero-order valence-electron chi connectivity index (χ0n) is 54.5. The van der Waals surface area contributed by atoms with Gasteiger partial charge in [0.2, 0.25) is 0 Å². The summed E-state index contributed by atoms with van der Waals surface area (Å²) in [5, 5.41) is 33.8. The first-order valence-electron chi connectivity index (χ1n) is 32.8. The van der Waals surface area contributed by atoms with Crippen molar-refractivity contribution in [3.05, 3.63) is 265 Å². The lowest BCUT2D eigenvalue weighted by Gasteiger charge is -2.19. The minimum atomic E-state index is -4.74. The molecule has 3 aliphatic carbocycles. The Hall–Kier alpha value is -10.6. The van der Waals surface area contributed by atoms with Crippen molar-refractivity contribution in [1.82, 2.24) is 44.3 Å². The Labute approximate surface area is 590 Å². The number of halogens is 10. The van der Waals surface area contributed by atoms with Crippen LogP contribution in [0.25, 0.3) is 65.7 Å². The summed E-state index contributed by atoms with van der Waals surface area (Å²) in [6, 6.07) is 43.8. The summed E-state index contributed by atoms with van der Waals surface area (Å²) >= 11 is 3.36. The van der Waals surface area contributed by atoms with Crippen LogP contribution in [0.1, 0.15) is 97.7 Å². The third-order valence-corrected chi connectivity index (χ3v) is 18.2. The van der Waals surface area contributed by atoms with Crippen LogP contribution in [0.2, 0.25) is 5.82 Å². The van der Waals surface area contributed by atoms with Crippen molar-refractivity contribution in [2.45, 2.75) is 114 Å². The number of aromatic nitrogens is 9. The van der Waals surface area contributed by atoms with Gasteiger partial charge in [0, 0.05) is 63.5 Å². The van der Waals surface area contributed by atoms with Crippen molar-refractivity contribution in [3.8, 4) is 50.6 Å². The van der Waals surface area contributed by atoms with Gasteiger partial charge in [-0.2, -0.15) is 15.3 Å². The number of pyridine rings is 3. The average Bonchev–Trinajstić information content (AvgIpc) is 1.77. The molecule has 0 aliphatic heterocycles. The number of hydrogen-bond donors (Lipinski definition) is 2. The van der Waals surface area contributed by atoms with Crippen molar-refractivity contribution in [3.63, 3.8) is 0 Å². The van der Waals surface area contributed by atoms with E-state index < -0.39 is 26.2 Å². The molecule has 6 aromatic heterocycles. The zero-order valence-corrected chi connectivity index (χ0v) is 56.1. The van der Waals surface area contributed by atoms with E-state index in [0.29, 0.717) is 95.2 Å². The third-order valence-electron chi connectivity index (χ3n) is 17.5. The number of hydrogen-bond acceptors (Lipinski definition) is 14. The molecule has 12 aromatic rings. The SMILES string of the molecule is O=c1c2cc(-c3ccc(OC(F)(F)F)cc3)ccc2cnn1Cc1cccnc1Br.O=c1c2cc(-c3ccc(OC(F)(F)F)cc3)ccc2cnn1Cc1cccnc1C1CC1.O=c1c2cc(-c3ccc(OC(F)(F)F)cc3)ccc2cnn1Cc1cccnc1C1CC1.OB(O)C1CCCCC1. The minimum absolute atomic E-state index is 0.166. The van der Waals surface area contributed by atoms with Crippen molar-refractivity contribution < 1.29 is 63.8 Å². The molecule has 3 fully saturated rings. The van der Waals surface area contributed by atoms with Crippen LogP contribution in [-0.4, -0.2) is 80.5 Å². The Kier molecular flexibility index (Phi) is 22.0. The Bertz CT molecular complexity index is 4960. The fourth-order valence-corrected chi connectivity index (χ4v) is 12.4. The summed E-state index contributed by atoms with van der Waals surface area (Å²) in [6.45, 7) is 0.918. The van der Waals surface area contributed by atoms with E-state index in [2.05, 4.69) is 60.4 Å². The number of alkyl halides is 9. The Balaban J connectivity index is 0.000000137. The number of nitrogens with zero attached hydrogens (tertiary/aromatic N) is 9. The van der Waals surface area contributed by atoms with E-state index in [0.717, 1.165) is 66.6 Å². The molecule has 103 heavy (non-hydrogen) atoms. The van der Waals surface area contributed by atoms with E-state index in [4.69, 9.17) is 10.0 Å². The van der Waals surface area contributed by atoms with Crippen LogP contribution in [0.3, 0.4) is 0 Å². The molecule has 6 heterocycles. The van der Waals surface area contributed by atoms with Crippen LogP contribution >= 0.6 is 15.9 Å². The summed E-state index contributed by atoms with van der Waals surface area (Å²) in [7, 11) is -1.06. The molecule has 0 amide bonds. The molecule has 17 nitrogen and oxygen atoms in total. The van der Waals surface area contributed by atoms with Gasteiger partial charge in [0.05, 0.1) is 54.4 Å². The average molecular weight is 1480 g/mol. The highest BCUT2D eigenvalue weighted by atomic mass is 79.9. The van der Waals surface area contributed by atoms with E-state index in [-0.39, 0.29) is 46.3 Å². The zero-order chi connectivity index (χ0) is 72.6. The van der Waals surface area contributed by atoms with Gasteiger partial charge in [0.15, 0.2) is 0 Å². The van der Waals surface area contributed by atoms with Gasteiger partial charge < -0.3 is 24.3 Å². The molecule has 0 bridgehead atoms. The highest BCUT2D eigenvalue weighted by molar-refractivity contribution is 9.10. The molecule has 528 valence electrons. The van der Waals surface area contributed by atoms with Crippen molar-refractivity contribution in [2.75, 3.05) is 0 Å². The molecule has 3 saturated carbocycles. The second-order valence-electron chi connectivity index (χ2n) is 24.9. The van der Waals surface area contributed by atoms with Crippen molar-refractivity contribution in [1.29, 1.82) is 0 Å². The number of benzene rings is 6. The lowest BCUT2D eigenvalue weighted by Crippen LogP contribution is -2.24. The first kappa shape index (κ1) is 72.2. The van der Waals surface area contributed by atoms with Crippen molar-refractivity contribution in [2.24, 2.45) is 0 Å². The molecule has 0 atom stereocenters. The molecule has 0 radical (unpaired) electrons. The summed E-state index contributed by atoms with van der Waals surface area (Å²) in [5.41, 5.74) is 8.22. The smallest absolute Gasteiger partial charge is 0.427 e. The molecule has 0 spiro atoms. The van der Waals surface area contributed by atoms with E-state index in [1.165, 1.54) is 106 Å². The summed E-state index contributed by atoms with van der Waals surface area (Å²) in [5.74, 6) is 0.184. The highest BCUT2D eigenvalue weighted by Crippen LogP contribution is 2.42. The Morgan fingerprint density at radius 2 is 0.718 bits per heavy atom. The Morgan fingerprint density at radius 3 is 1.02 bits per heavy atom. The van der Waals surface area contributed by atoms with Gasteiger partial charge in [-0.3, -0.25) is 24.4 Å². The van der Waals surface area contributed by atoms with Crippen LogP contribution in [0.5, 0.6) is 17.2 Å². The van der Waals surface area contributed by atoms with E-state index in [1.807, 2.05) is 30.3 Å². The van der Waals surface area contributed by atoms with Gasteiger partial charge in [-0.1, -0.05) is 123 Å². The maximum atomic E-state index is 13.2. The lowest BCUT2D eigenvalue weighted by atomic mass is 9.65. The molecule has 0 saturated heterocycles. The molecular weight excluding hydrogens is 1420 g/mol. The van der Waals surface area contributed by atoms with Gasteiger partial charge in [-0.25, -0.2) is 19.0 Å². The van der Waals surface area contributed by atoms with Gasteiger partial charge in [0.1, 0.15) is 21.9 Å². The van der Waals surface area contributed by atoms with Gasteiger partial charge >= 0.3 is 26.2 Å². The second kappa shape index (κ2) is 31.3. The maximum Gasteiger partial charge on any atom is 0.573 e. The lowest BCUT2D eigenvalue weighted by molar-refractivity contribution is -0.275. The fraction of sp³-hybridized carbons (Fsp3) is 0.240. The number of ether oxygens (including phenoxy) is 3. The van der Waals surface area contributed by atoms with Gasteiger partial charge in [-0.05, 0) is 165 Å². The van der Waals surface area contributed by atoms with E-state index in [1.54, 1.807) is 97.8 Å². The molecule has 15 rings (SSSR count). The largest absolute Gasteiger partial charge is 0.573 e. The number of rotatable bonds is 15. The minimum Gasteiger partial charge on any atom is -0.427 e. The fourth-order valence-electron chi connectivity index (χ4n) is 12.0. The van der Waals surface area contributed by atoms with Crippen molar-refractivity contribution >= 4 is 55.4 Å². The molecule has 2 N–H and O–H groups in total. The standard InChI is InChI=1S/2C24H18F3N3O2.C21H13BrF3N3O2.C6H13BO2/c2*25-24(26,27)32-20-9-7-15(8-10-20)17-5-6-18-13-29-30(23(31)21(18)12-17)14-19-2-1-11-28-22(19)16-3-4-16;22-19-16(2-1-9-26-19)12-28-20(29)18-10-14(3-4-15(18)11-27-28)13-5-7-17(8-6-13)30-21(23,24)25;8-7(9)6-4-2-1-3-5-6/h2*1-2,5-13,16H,3-4,14H2;1-11H,12H2;6,8-9H,1-5H2. The van der Waals surface area contributed by atoms with Gasteiger partial charge in [0.25, 0.3) is 16.7 Å². The topological polar surface area (TPSA) is 211 Å². The molecule has 0 unspecified atom stereocenters. The molecule has 6 aromatic carbocycles. The maximum absolute atomic E-state index is 13.2. The first-order chi connectivity index (χ1) is 49.3. The molecule has 28 heteroatoms. The van der Waals surface area contributed by atoms with Gasteiger partial charge in [-0.15, -0.1) is 39.5 Å². The molecular formula is C75H62BBrF9N9O8. The summed E-state index contributed by atoms with van der Waals surface area (Å²) in [4.78, 5) is 52.4. The van der Waals surface area contributed by atoms with E-state index >= 15 is 0 Å². The highest BCUT2D eigenvalue weighted by Gasteiger charge is 2.34. The van der Waals surface area contributed by atoms with Crippen LogP contribution in [0, 0.1) is 0 Å². The second-order valence-corrected chi connectivity index (χ2v) is 25.6. The predicted molar refractivity (Wildman–Crippen MR) is 373 cm³/mol. The predicted octanol–water partition coefficient (Wildman–Crippen LogP) is 16.5. The van der Waals surface area contributed by atoms with E-state index in [9.17, 15) is 53.9 Å². The molecule has 3 aliphatic rings. The Morgan fingerprint density at radius 1 is 0.408 bits per heavy atom. The monoisotopic (exact) mass is 1480 g/mol. The first-order valence-corrected chi connectivity index (χ1v) is 33.6.